The maximum absolute atomic E-state index is 12.5. The van der Waals surface area contributed by atoms with Crippen LogP contribution in [0.3, 0.4) is 0 Å². The fourth-order valence-electron chi connectivity index (χ4n) is 2.72. The van der Waals surface area contributed by atoms with Gasteiger partial charge in [0, 0.05) is 6.54 Å². The molecule has 0 bridgehead atoms. The number of thioether (sulfide) groups is 1. The van der Waals surface area contributed by atoms with E-state index in [9.17, 15) is 9.59 Å². The lowest BCUT2D eigenvalue weighted by Crippen LogP contribution is -2.66. The number of unbranched alkanes of at least 4 members (excludes halogenated alkanes) is 3. The van der Waals surface area contributed by atoms with Crippen LogP contribution in [0.4, 0.5) is 0 Å². The Morgan fingerprint density at radius 3 is 2.40 bits per heavy atom. The summed E-state index contributed by atoms with van der Waals surface area (Å²) in [5, 5.41) is 2.89. The third-order valence-electron chi connectivity index (χ3n) is 4.14. The Labute approximate surface area is 127 Å². The van der Waals surface area contributed by atoms with Crippen LogP contribution < -0.4 is 5.32 Å². The van der Waals surface area contributed by atoms with Gasteiger partial charge in [0.05, 0.1) is 6.54 Å². The first-order valence-corrected chi connectivity index (χ1v) is 9.08. The monoisotopic (exact) mass is 300 g/mol. The Balaban J connectivity index is 2.44. The molecule has 1 heterocycles. The molecule has 1 N–H and O–H groups in total. The van der Waals surface area contributed by atoms with E-state index in [4.69, 9.17) is 0 Å². The van der Waals surface area contributed by atoms with Gasteiger partial charge in [-0.2, -0.15) is 11.8 Å². The summed E-state index contributed by atoms with van der Waals surface area (Å²) < 4.78 is 0. The van der Waals surface area contributed by atoms with E-state index in [1.165, 1.54) is 18.6 Å². The first-order valence-electron chi connectivity index (χ1n) is 7.69. The Bertz CT molecular complexity index is 330. The summed E-state index contributed by atoms with van der Waals surface area (Å²) in [5.41, 5.74) is -0.659. The van der Waals surface area contributed by atoms with E-state index >= 15 is 0 Å². The standard InChI is InChI=1S/C15H28N2O2S/c1-4-15(5-2)14(19)17(12-13(18)16-15)10-8-6-7-9-11-20-3/h4-12H2,1-3H3,(H,16,18). The molecule has 0 aromatic heterocycles. The molecule has 1 aliphatic rings. The zero-order valence-electron chi connectivity index (χ0n) is 13.0. The van der Waals surface area contributed by atoms with Crippen LogP contribution in [0.25, 0.3) is 0 Å². The van der Waals surface area contributed by atoms with Gasteiger partial charge >= 0.3 is 0 Å². The first-order chi connectivity index (χ1) is 9.59. The van der Waals surface area contributed by atoms with Crippen LogP contribution in [0.5, 0.6) is 0 Å². The van der Waals surface area contributed by atoms with Crippen molar-refractivity contribution in [2.24, 2.45) is 0 Å². The molecule has 0 spiro atoms. The second-order valence-electron chi connectivity index (χ2n) is 5.47. The number of rotatable bonds is 9. The second kappa shape index (κ2) is 8.55. The molecular weight excluding hydrogens is 272 g/mol. The number of nitrogens with zero attached hydrogens (tertiary/aromatic N) is 1. The molecule has 5 heteroatoms. The maximum atomic E-state index is 12.5. The van der Waals surface area contributed by atoms with E-state index in [0.29, 0.717) is 19.4 Å². The number of hydrogen-bond acceptors (Lipinski definition) is 3. The van der Waals surface area contributed by atoms with Gasteiger partial charge < -0.3 is 10.2 Å². The lowest BCUT2D eigenvalue weighted by atomic mass is 9.89. The summed E-state index contributed by atoms with van der Waals surface area (Å²) in [6, 6.07) is 0. The van der Waals surface area contributed by atoms with Crippen LogP contribution in [0.1, 0.15) is 52.4 Å². The minimum atomic E-state index is -0.659. The van der Waals surface area contributed by atoms with Crippen molar-refractivity contribution in [1.82, 2.24) is 10.2 Å². The van der Waals surface area contributed by atoms with Crippen molar-refractivity contribution in [3.8, 4) is 0 Å². The Morgan fingerprint density at radius 1 is 1.15 bits per heavy atom. The van der Waals surface area contributed by atoms with Gasteiger partial charge in [-0.05, 0) is 37.7 Å². The quantitative estimate of drug-likeness (QED) is 0.665. The van der Waals surface area contributed by atoms with Crippen LogP contribution in [0.2, 0.25) is 0 Å². The fraction of sp³-hybridized carbons (Fsp3) is 0.867. The minimum absolute atomic E-state index is 0.0179. The van der Waals surface area contributed by atoms with Crippen molar-refractivity contribution >= 4 is 23.6 Å². The SMILES string of the molecule is CCC1(CC)NC(=O)CN(CCCCCCSC)C1=O. The first kappa shape index (κ1) is 17.3. The van der Waals surface area contributed by atoms with Crippen molar-refractivity contribution in [2.45, 2.75) is 57.9 Å². The zero-order valence-corrected chi connectivity index (χ0v) is 13.9. The summed E-state index contributed by atoms with van der Waals surface area (Å²) in [6.45, 7) is 4.87. The number of amides is 2. The molecule has 1 aliphatic heterocycles. The smallest absolute Gasteiger partial charge is 0.248 e. The topological polar surface area (TPSA) is 49.4 Å². The third-order valence-corrected chi connectivity index (χ3v) is 4.84. The summed E-state index contributed by atoms with van der Waals surface area (Å²) in [4.78, 5) is 26.1. The molecule has 0 unspecified atom stereocenters. The van der Waals surface area contributed by atoms with Crippen molar-refractivity contribution in [2.75, 3.05) is 25.1 Å². The number of piperazine rings is 1. The number of carbonyl (C=O) groups excluding carboxylic acids is 2. The van der Waals surface area contributed by atoms with Crippen LogP contribution in [-0.2, 0) is 9.59 Å². The molecule has 116 valence electrons. The van der Waals surface area contributed by atoms with E-state index in [1.54, 1.807) is 4.90 Å². The normalized spacial score (nSPS) is 18.2. The number of nitrogens with one attached hydrogen (secondary N) is 1. The molecule has 2 amide bonds. The largest absolute Gasteiger partial charge is 0.340 e. The van der Waals surface area contributed by atoms with Crippen molar-refractivity contribution in [3.63, 3.8) is 0 Å². The highest BCUT2D eigenvalue weighted by Crippen LogP contribution is 2.22. The molecule has 1 rings (SSSR count). The van der Waals surface area contributed by atoms with E-state index in [2.05, 4.69) is 11.6 Å². The zero-order chi connectivity index (χ0) is 15.0. The van der Waals surface area contributed by atoms with Crippen molar-refractivity contribution in [3.05, 3.63) is 0 Å². The van der Waals surface area contributed by atoms with Gasteiger partial charge in [-0.15, -0.1) is 0 Å². The molecular formula is C15H28N2O2S. The van der Waals surface area contributed by atoms with Crippen LogP contribution in [-0.4, -0.2) is 47.4 Å². The highest BCUT2D eigenvalue weighted by molar-refractivity contribution is 7.98. The average molecular weight is 300 g/mol. The Morgan fingerprint density at radius 2 is 1.80 bits per heavy atom. The molecule has 0 atom stereocenters. The second-order valence-corrected chi connectivity index (χ2v) is 6.46. The van der Waals surface area contributed by atoms with E-state index < -0.39 is 5.54 Å². The lowest BCUT2D eigenvalue weighted by molar-refractivity contribution is -0.150. The van der Waals surface area contributed by atoms with Crippen LogP contribution in [0, 0.1) is 0 Å². The molecule has 0 aromatic carbocycles. The van der Waals surface area contributed by atoms with Gasteiger partial charge in [0.2, 0.25) is 11.8 Å². The van der Waals surface area contributed by atoms with Crippen LogP contribution in [0.15, 0.2) is 0 Å². The van der Waals surface area contributed by atoms with Gasteiger partial charge in [-0.25, -0.2) is 0 Å². The lowest BCUT2D eigenvalue weighted by Gasteiger charge is -2.41. The maximum Gasteiger partial charge on any atom is 0.248 e. The van der Waals surface area contributed by atoms with Gasteiger partial charge in [-0.3, -0.25) is 9.59 Å². The highest BCUT2D eigenvalue weighted by Gasteiger charge is 2.43. The molecule has 1 fully saturated rings. The highest BCUT2D eigenvalue weighted by atomic mass is 32.2. The minimum Gasteiger partial charge on any atom is -0.340 e. The molecule has 0 radical (unpaired) electrons. The number of hydrogen-bond donors (Lipinski definition) is 1. The fourth-order valence-corrected chi connectivity index (χ4v) is 3.21. The molecule has 0 aliphatic carbocycles. The van der Waals surface area contributed by atoms with E-state index in [0.717, 1.165) is 12.8 Å². The summed E-state index contributed by atoms with van der Waals surface area (Å²) >= 11 is 1.88. The summed E-state index contributed by atoms with van der Waals surface area (Å²) in [5.74, 6) is 1.29. The molecule has 0 saturated carbocycles. The summed E-state index contributed by atoms with van der Waals surface area (Å²) in [7, 11) is 0. The molecule has 4 nitrogen and oxygen atoms in total. The predicted molar refractivity (Wildman–Crippen MR) is 84.9 cm³/mol. The van der Waals surface area contributed by atoms with E-state index in [-0.39, 0.29) is 18.4 Å². The van der Waals surface area contributed by atoms with Gasteiger partial charge in [0.1, 0.15) is 5.54 Å². The number of carbonyl (C=O) groups is 2. The summed E-state index contributed by atoms with van der Waals surface area (Å²) in [6.07, 6.45) is 8.04. The average Bonchev–Trinajstić information content (AvgIpc) is 2.45. The van der Waals surface area contributed by atoms with Crippen molar-refractivity contribution < 1.29 is 9.59 Å². The van der Waals surface area contributed by atoms with E-state index in [1.807, 2.05) is 25.6 Å². The predicted octanol–water partition coefficient (Wildman–Crippen LogP) is 2.43. The molecule has 20 heavy (non-hydrogen) atoms. The van der Waals surface area contributed by atoms with Gasteiger partial charge in [-0.1, -0.05) is 26.7 Å². The third kappa shape index (κ3) is 4.40. The Hall–Kier alpha value is -0.710. The van der Waals surface area contributed by atoms with Crippen molar-refractivity contribution in [1.29, 1.82) is 0 Å². The van der Waals surface area contributed by atoms with Gasteiger partial charge in [0.25, 0.3) is 0 Å². The molecule has 0 aromatic rings. The molecule has 1 saturated heterocycles. The van der Waals surface area contributed by atoms with Crippen LogP contribution >= 0.6 is 11.8 Å². The van der Waals surface area contributed by atoms with Gasteiger partial charge in [0.15, 0.2) is 0 Å². The Kier molecular flexibility index (Phi) is 7.41.